The van der Waals surface area contributed by atoms with E-state index in [-0.39, 0.29) is 0 Å². The molecule has 2 aromatic rings. The first-order valence-electron chi connectivity index (χ1n) is 6.61. The van der Waals surface area contributed by atoms with E-state index in [1.165, 1.54) is 0 Å². The number of pyridine rings is 1. The molecular weight excluding hydrogens is 290 g/mol. The number of benzene rings is 1. The Morgan fingerprint density at radius 2 is 2.05 bits per heavy atom. The molecule has 21 heavy (non-hydrogen) atoms. The van der Waals surface area contributed by atoms with Crippen molar-refractivity contribution in [2.24, 2.45) is 0 Å². The van der Waals surface area contributed by atoms with Gasteiger partial charge in [-0.1, -0.05) is 11.6 Å². The molecule has 0 aliphatic heterocycles. The van der Waals surface area contributed by atoms with Gasteiger partial charge in [-0.05, 0) is 32.0 Å². The van der Waals surface area contributed by atoms with Crippen LogP contribution in [0, 0.1) is 6.92 Å². The van der Waals surface area contributed by atoms with Crippen LogP contribution in [0.15, 0.2) is 30.3 Å². The fourth-order valence-electron chi connectivity index (χ4n) is 2.02. The first-order chi connectivity index (χ1) is 9.99. The maximum Gasteiger partial charge on any atom is 0.130 e. The Morgan fingerprint density at radius 1 is 1.29 bits per heavy atom. The second-order valence-electron chi connectivity index (χ2n) is 4.79. The van der Waals surface area contributed by atoms with Crippen LogP contribution in [-0.4, -0.2) is 17.2 Å². The minimum absolute atomic E-state index is 0.291. The van der Waals surface area contributed by atoms with Crippen molar-refractivity contribution in [1.82, 2.24) is 4.98 Å². The fourth-order valence-corrected chi connectivity index (χ4v) is 2.20. The van der Waals surface area contributed by atoms with Crippen LogP contribution in [0.4, 0.5) is 0 Å². The van der Waals surface area contributed by atoms with Gasteiger partial charge in [0.2, 0.25) is 0 Å². The third-order valence-corrected chi connectivity index (χ3v) is 3.25. The van der Waals surface area contributed by atoms with Crippen molar-refractivity contribution >= 4 is 11.6 Å². The van der Waals surface area contributed by atoms with Crippen molar-refractivity contribution in [3.8, 4) is 11.5 Å². The number of nitrogens with zero attached hydrogens (tertiary/aromatic N) is 1. The molecule has 1 N–H and O–H groups in total. The van der Waals surface area contributed by atoms with E-state index in [0.29, 0.717) is 22.9 Å². The summed E-state index contributed by atoms with van der Waals surface area (Å²) in [7, 11) is 1.62. The van der Waals surface area contributed by atoms with E-state index in [2.05, 4.69) is 4.98 Å². The van der Waals surface area contributed by atoms with Gasteiger partial charge in [0.05, 0.1) is 18.9 Å². The van der Waals surface area contributed by atoms with E-state index >= 15 is 0 Å². The molecule has 2 rings (SSSR count). The lowest BCUT2D eigenvalue weighted by molar-refractivity contribution is 0.190. The minimum atomic E-state index is -0.654. The number of aromatic nitrogens is 1. The first-order valence-corrected chi connectivity index (χ1v) is 6.99. The molecule has 0 aliphatic carbocycles. The largest absolute Gasteiger partial charge is 0.497 e. The number of hydrogen-bond donors (Lipinski definition) is 1. The predicted molar refractivity (Wildman–Crippen MR) is 81.9 cm³/mol. The van der Waals surface area contributed by atoms with E-state index in [9.17, 15) is 5.11 Å². The molecule has 0 saturated heterocycles. The zero-order valence-electron chi connectivity index (χ0n) is 12.3. The molecule has 0 amide bonds. The van der Waals surface area contributed by atoms with Crippen molar-refractivity contribution < 1.29 is 14.6 Å². The Bertz CT molecular complexity index is 629. The molecule has 0 aliphatic rings. The molecule has 112 valence electrons. The predicted octanol–water partition coefficient (Wildman–Crippen LogP) is 3.68. The molecule has 1 unspecified atom stereocenters. The Kier molecular flexibility index (Phi) is 5.04. The molecule has 1 aromatic heterocycles. The molecule has 1 aromatic carbocycles. The maximum atomic E-state index is 9.78. The number of rotatable bonds is 5. The Labute approximate surface area is 129 Å². The van der Waals surface area contributed by atoms with Crippen molar-refractivity contribution in [3.05, 3.63) is 52.3 Å². The molecular formula is C16H18ClNO3. The molecule has 5 heteroatoms. The number of aliphatic hydroxyl groups is 1. The average Bonchev–Trinajstić information content (AvgIpc) is 2.45. The average molecular weight is 308 g/mol. The highest BCUT2D eigenvalue weighted by atomic mass is 35.5. The summed E-state index contributed by atoms with van der Waals surface area (Å²) in [5.41, 5.74) is 2.28. The molecule has 0 saturated carbocycles. The Balaban J connectivity index is 2.18. The molecule has 0 spiro atoms. The lowest BCUT2D eigenvalue weighted by Crippen LogP contribution is -2.03. The Morgan fingerprint density at radius 3 is 2.71 bits per heavy atom. The number of aliphatic hydroxyl groups excluding tert-OH is 1. The highest BCUT2D eigenvalue weighted by molar-refractivity contribution is 6.30. The number of ether oxygens (including phenoxy) is 2. The summed E-state index contributed by atoms with van der Waals surface area (Å²) in [5, 5.41) is 10.3. The minimum Gasteiger partial charge on any atom is -0.497 e. The van der Waals surface area contributed by atoms with Crippen molar-refractivity contribution in [1.29, 1.82) is 0 Å². The van der Waals surface area contributed by atoms with Gasteiger partial charge in [0, 0.05) is 28.4 Å². The van der Waals surface area contributed by atoms with Gasteiger partial charge in [-0.25, -0.2) is 0 Å². The van der Waals surface area contributed by atoms with Gasteiger partial charge in [0.1, 0.15) is 18.1 Å². The summed E-state index contributed by atoms with van der Waals surface area (Å²) in [6, 6.07) is 8.86. The third kappa shape index (κ3) is 4.09. The fraction of sp³-hybridized carbons (Fsp3) is 0.312. The summed E-state index contributed by atoms with van der Waals surface area (Å²) in [6.45, 7) is 3.86. The number of aryl methyl sites for hydroxylation is 1. The van der Waals surface area contributed by atoms with Crippen molar-refractivity contribution in [3.63, 3.8) is 0 Å². The van der Waals surface area contributed by atoms with Crippen molar-refractivity contribution in [2.75, 3.05) is 7.11 Å². The van der Waals surface area contributed by atoms with Crippen LogP contribution in [-0.2, 0) is 6.61 Å². The van der Waals surface area contributed by atoms with Crippen LogP contribution in [0.2, 0.25) is 5.02 Å². The third-order valence-electron chi connectivity index (χ3n) is 3.01. The van der Waals surface area contributed by atoms with Crippen LogP contribution >= 0.6 is 11.6 Å². The molecule has 1 heterocycles. The second-order valence-corrected chi connectivity index (χ2v) is 5.22. The lowest BCUT2D eigenvalue weighted by Gasteiger charge is -2.14. The number of halogens is 1. The SMILES string of the molecule is COc1cc(C)nc(COc2ccc(Cl)cc2C(C)O)c1. The molecule has 4 nitrogen and oxygen atoms in total. The second kappa shape index (κ2) is 6.78. The summed E-state index contributed by atoms with van der Waals surface area (Å²) < 4.78 is 11.0. The standard InChI is InChI=1S/C16H18ClNO3/c1-10-6-14(20-3)8-13(18-10)9-21-16-5-4-12(17)7-15(16)11(2)19/h4-8,11,19H,9H2,1-3H3. The molecule has 1 atom stereocenters. The summed E-state index contributed by atoms with van der Waals surface area (Å²) in [5.74, 6) is 1.34. The zero-order chi connectivity index (χ0) is 15.4. The smallest absolute Gasteiger partial charge is 0.130 e. The summed E-state index contributed by atoms with van der Waals surface area (Å²) >= 11 is 5.94. The van der Waals surface area contributed by atoms with Gasteiger partial charge < -0.3 is 14.6 Å². The van der Waals surface area contributed by atoms with Crippen LogP contribution in [0.1, 0.15) is 30.0 Å². The lowest BCUT2D eigenvalue weighted by atomic mass is 10.1. The van der Waals surface area contributed by atoms with Gasteiger partial charge >= 0.3 is 0 Å². The Hall–Kier alpha value is -1.78. The van der Waals surface area contributed by atoms with E-state index < -0.39 is 6.10 Å². The summed E-state index contributed by atoms with van der Waals surface area (Å²) in [4.78, 5) is 4.40. The van der Waals surface area contributed by atoms with Gasteiger partial charge in [-0.3, -0.25) is 4.98 Å². The highest BCUT2D eigenvalue weighted by Crippen LogP contribution is 2.29. The van der Waals surface area contributed by atoms with Gasteiger partial charge in [-0.15, -0.1) is 0 Å². The van der Waals surface area contributed by atoms with E-state index in [1.807, 2.05) is 19.1 Å². The van der Waals surface area contributed by atoms with Crippen LogP contribution in [0.25, 0.3) is 0 Å². The van der Waals surface area contributed by atoms with Crippen LogP contribution in [0.5, 0.6) is 11.5 Å². The number of methoxy groups -OCH3 is 1. The van der Waals surface area contributed by atoms with Crippen molar-refractivity contribution in [2.45, 2.75) is 26.6 Å². The van der Waals surface area contributed by atoms with E-state index in [1.54, 1.807) is 32.2 Å². The van der Waals surface area contributed by atoms with Gasteiger partial charge in [0.25, 0.3) is 0 Å². The zero-order valence-corrected chi connectivity index (χ0v) is 13.0. The van der Waals surface area contributed by atoms with E-state index in [0.717, 1.165) is 17.1 Å². The monoisotopic (exact) mass is 307 g/mol. The normalized spacial score (nSPS) is 12.0. The van der Waals surface area contributed by atoms with Crippen LogP contribution in [0.3, 0.4) is 0 Å². The summed E-state index contributed by atoms with van der Waals surface area (Å²) in [6.07, 6.45) is -0.654. The van der Waals surface area contributed by atoms with Gasteiger partial charge in [0.15, 0.2) is 0 Å². The molecule has 0 bridgehead atoms. The van der Waals surface area contributed by atoms with Gasteiger partial charge in [-0.2, -0.15) is 0 Å². The maximum absolute atomic E-state index is 9.78. The van der Waals surface area contributed by atoms with E-state index in [4.69, 9.17) is 21.1 Å². The topological polar surface area (TPSA) is 51.6 Å². The highest BCUT2D eigenvalue weighted by Gasteiger charge is 2.11. The quantitative estimate of drug-likeness (QED) is 0.915. The molecule has 0 radical (unpaired) electrons. The van der Waals surface area contributed by atoms with Crippen LogP contribution < -0.4 is 9.47 Å². The first kappa shape index (κ1) is 15.6. The molecule has 0 fully saturated rings. The number of hydrogen-bond acceptors (Lipinski definition) is 4.